The van der Waals surface area contributed by atoms with Gasteiger partial charge in [0.2, 0.25) is 6.79 Å². The molecule has 1 unspecified atom stereocenters. The van der Waals surface area contributed by atoms with Gasteiger partial charge in [0.25, 0.3) is 0 Å². The molecule has 1 aromatic heterocycles. The number of halogens is 1. The van der Waals surface area contributed by atoms with Gasteiger partial charge in [0.05, 0.1) is 12.2 Å². The van der Waals surface area contributed by atoms with Crippen molar-refractivity contribution in [1.82, 2.24) is 20.4 Å². The third-order valence-electron chi connectivity index (χ3n) is 4.78. The monoisotopic (exact) mass is 515 g/mol. The predicted octanol–water partition coefficient (Wildman–Crippen LogP) is 2.56. The maximum absolute atomic E-state index is 5.77. The van der Waals surface area contributed by atoms with Gasteiger partial charge in [-0.15, -0.1) is 24.0 Å². The van der Waals surface area contributed by atoms with E-state index in [0.717, 1.165) is 35.3 Å². The lowest BCUT2D eigenvalue weighted by Gasteiger charge is -2.18. The summed E-state index contributed by atoms with van der Waals surface area (Å²) >= 11 is 0. The summed E-state index contributed by atoms with van der Waals surface area (Å²) in [5, 5.41) is 11.2. The van der Waals surface area contributed by atoms with Crippen molar-refractivity contribution in [3.8, 4) is 17.2 Å². The van der Waals surface area contributed by atoms with Crippen molar-refractivity contribution >= 4 is 29.9 Å². The smallest absolute Gasteiger partial charge is 0.231 e. The second-order valence-electron chi connectivity index (χ2n) is 6.89. The highest BCUT2D eigenvalue weighted by atomic mass is 127. The Morgan fingerprint density at radius 3 is 2.76 bits per heavy atom. The van der Waals surface area contributed by atoms with E-state index in [0.29, 0.717) is 13.2 Å². The van der Waals surface area contributed by atoms with E-state index in [2.05, 4.69) is 41.5 Å². The number of ether oxygens (including phenoxy) is 3. The molecule has 9 heteroatoms. The lowest BCUT2D eigenvalue weighted by molar-refractivity contribution is 0.173. The summed E-state index contributed by atoms with van der Waals surface area (Å²) in [5.41, 5.74) is 3.56. The SMILES string of the molecule is CN=C(NCCOc1ccc2c(c1)OCO2)NC(C)Cc1c(C)nn(C)c1C.I. The van der Waals surface area contributed by atoms with Crippen LogP contribution >= 0.6 is 24.0 Å². The zero-order valence-electron chi connectivity index (χ0n) is 17.6. The molecule has 1 aliphatic rings. The van der Waals surface area contributed by atoms with E-state index >= 15 is 0 Å². The number of guanidine groups is 1. The highest BCUT2D eigenvalue weighted by Gasteiger charge is 2.15. The average Bonchev–Trinajstić information content (AvgIpc) is 3.23. The molecule has 2 aromatic rings. The molecule has 3 rings (SSSR count). The van der Waals surface area contributed by atoms with Crippen molar-refractivity contribution in [2.45, 2.75) is 33.2 Å². The van der Waals surface area contributed by atoms with Crippen LogP contribution in [0.1, 0.15) is 23.9 Å². The van der Waals surface area contributed by atoms with E-state index in [-0.39, 0.29) is 36.8 Å². The van der Waals surface area contributed by atoms with Crippen LogP contribution < -0.4 is 24.8 Å². The molecule has 2 N–H and O–H groups in total. The molecule has 0 amide bonds. The Morgan fingerprint density at radius 2 is 2.07 bits per heavy atom. The first kappa shape index (κ1) is 23.1. The third-order valence-corrected chi connectivity index (χ3v) is 4.78. The van der Waals surface area contributed by atoms with E-state index in [1.165, 1.54) is 11.3 Å². The first-order valence-corrected chi connectivity index (χ1v) is 9.46. The molecular formula is C20H30IN5O3. The van der Waals surface area contributed by atoms with Crippen LogP contribution in [0.2, 0.25) is 0 Å². The molecule has 0 saturated carbocycles. The molecule has 0 saturated heterocycles. The minimum atomic E-state index is 0. The third kappa shape index (κ3) is 5.91. The zero-order chi connectivity index (χ0) is 20.1. The molecule has 160 valence electrons. The zero-order valence-corrected chi connectivity index (χ0v) is 19.9. The van der Waals surface area contributed by atoms with Crippen molar-refractivity contribution in [3.05, 3.63) is 35.2 Å². The second kappa shape index (κ2) is 10.6. The van der Waals surface area contributed by atoms with Gasteiger partial charge in [0.15, 0.2) is 17.5 Å². The number of hydrogen-bond acceptors (Lipinski definition) is 5. The Bertz CT molecular complexity index is 853. The molecule has 0 bridgehead atoms. The summed E-state index contributed by atoms with van der Waals surface area (Å²) in [6.07, 6.45) is 0.889. The first-order valence-electron chi connectivity index (χ1n) is 9.46. The Balaban J connectivity index is 0.00000300. The van der Waals surface area contributed by atoms with Gasteiger partial charge in [0.1, 0.15) is 12.4 Å². The summed E-state index contributed by atoms with van der Waals surface area (Å²) in [6.45, 7) is 7.69. The van der Waals surface area contributed by atoms with Crippen molar-refractivity contribution in [2.75, 3.05) is 27.0 Å². The van der Waals surface area contributed by atoms with Gasteiger partial charge in [-0.1, -0.05) is 0 Å². The molecule has 1 atom stereocenters. The Kier molecular flexibility index (Phi) is 8.42. The standard InChI is InChI=1S/C20H29N5O3.HI/c1-13(10-17-14(2)24-25(5)15(17)3)23-20(21-4)22-8-9-26-16-6-7-18-19(11-16)28-12-27-18;/h6-7,11,13H,8-10,12H2,1-5H3,(H2,21,22,23);1H. The van der Waals surface area contributed by atoms with Crippen molar-refractivity contribution < 1.29 is 14.2 Å². The number of hydrogen-bond donors (Lipinski definition) is 2. The van der Waals surface area contributed by atoms with Gasteiger partial charge in [-0.3, -0.25) is 9.67 Å². The number of nitrogens with zero attached hydrogens (tertiary/aromatic N) is 3. The van der Waals surface area contributed by atoms with E-state index in [1.807, 2.05) is 29.9 Å². The van der Waals surface area contributed by atoms with E-state index in [9.17, 15) is 0 Å². The summed E-state index contributed by atoms with van der Waals surface area (Å²) in [5.74, 6) is 2.98. The maximum atomic E-state index is 5.77. The molecule has 1 aromatic carbocycles. The Morgan fingerprint density at radius 1 is 1.31 bits per heavy atom. The predicted molar refractivity (Wildman–Crippen MR) is 124 cm³/mol. The fraction of sp³-hybridized carbons (Fsp3) is 0.500. The fourth-order valence-electron chi connectivity index (χ4n) is 3.20. The summed E-state index contributed by atoms with van der Waals surface area (Å²) in [4.78, 5) is 4.29. The average molecular weight is 515 g/mol. The maximum Gasteiger partial charge on any atom is 0.231 e. The van der Waals surface area contributed by atoms with Crippen molar-refractivity contribution in [2.24, 2.45) is 12.0 Å². The number of aromatic nitrogens is 2. The number of aryl methyl sites for hydroxylation is 2. The Labute approximate surface area is 189 Å². The molecular weight excluding hydrogens is 485 g/mol. The Hall–Kier alpha value is -2.17. The van der Waals surface area contributed by atoms with Crippen LogP contribution in [0, 0.1) is 13.8 Å². The number of nitrogens with one attached hydrogen (secondary N) is 2. The van der Waals surface area contributed by atoms with Gasteiger partial charge in [-0.2, -0.15) is 5.10 Å². The van der Waals surface area contributed by atoms with Crippen LogP contribution in [0.25, 0.3) is 0 Å². The lowest BCUT2D eigenvalue weighted by atomic mass is 10.1. The molecule has 1 aliphatic heterocycles. The molecule has 0 aliphatic carbocycles. The lowest BCUT2D eigenvalue weighted by Crippen LogP contribution is -2.44. The number of rotatable bonds is 7. The first-order chi connectivity index (χ1) is 13.5. The molecule has 29 heavy (non-hydrogen) atoms. The number of fused-ring (bicyclic) bond motifs is 1. The minimum absolute atomic E-state index is 0. The van der Waals surface area contributed by atoms with E-state index < -0.39 is 0 Å². The molecule has 0 fully saturated rings. The van der Waals surface area contributed by atoms with Crippen LogP contribution in [-0.2, 0) is 13.5 Å². The quantitative estimate of drug-likeness (QED) is 0.256. The van der Waals surface area contributed by atoms with Gasteiger partial charge < -0.3 is 24.8 Å². The van der Waals surface area contributed by atoms with Gasteiger partial charge in [-0.05, 0) is 44.9 Å². The largest absolute Gasteiger partial charge is 0.492 e. The van der Waals surface area contributed by atoms with Crippen LogP contribution in [0.3, 0.4) is 0 Å². The summed E-state index contributed by atoms with van der Waals surface area (Å²) in [7, 11) is 3.74. The summed E-state index contributed by atoms with van der Waals surface area (Å²) in [6, 6.07) is 5.80. The number of aliphatic imine (C=N–C) groups is 1. The van der Waals surface area contributed by atoms with Gasteiger partial charge in [0, 0.05) is 31.9 Å². The van der Waals surface area contributed by atoms with Crippen LogP contribution in [-0.4, -0.2) is 48.8 Å². The molecule has 0 spiro atoms. The highest BCUT2D eigenvalue weighted by Crippen LogP contribution is 2.34. The summed E-state index contributed by atoms with van der Waals surface area (Å²) < 4.78 is 18.4. The minimum Gasteiger partial charge on any atom is -0.492 e. The van der Waals surface area contributed by atoms with E-state index in [4.69, 9.17) is 14.2 Å². The van der Waals surface area contributed by atoms with Gasteiger partial charge in [-0.25, -0.2) is 0 Å². The van der Waals surface area contributed by atoms with Crippen LogP contribution in [0.5, 0.6) is 17.2 Å². The molecule has 0 radical (unpaired) electrons. The highest BCUT2D eigenvalue weighted by molar-refractivity contribution is 14.0. The second-order valence-corrected chi connectivity index (χ2v) is 6.89. The topological polar surface area (TPSA) is 81.9 Å². The van der Waals surface area contributed by atoms with Crippen LogP contribution in [0.4, 0.5) is 0 Å². The molecule has 2 heterocycles. The fourth-order valence-corrected chi connectivity index (χ4v) is 3.20. The van der Waals surface area contributed by atoms with E-state index in [1.54, 1.807) is 7.05 Å². The number of benzene rings is 1. The molecule has 8 nitrogen and oxygen atoms in total. The van der Waals surface area contributed by atoms with Crippen molar-refractivity contribution in [1.29, 1.82) is 0 Å². The van der Waals surface area contributed by atoms with Gasteiger partial charge >= 0.3 is 0 Å². The van der Waals surface area contributed by atoms with Crippen LogP contribution in [0.15, 0.2) is 23.2 Å². The van der Waals surface area contributed by atoms with Crippen molar-refractivity contribution in [3.63, 3.8) is 0 Å². The normalized spacial score (nSPS) is 13.6.